The Morgan fingerprint density at radius 2 is 1.33 bits per heavy atom. The van der Waals surface area contributed by atoms with Crippen LogP contribution in [0, 0.1) is 29.6 Å². The van der Waals surface area contributed by atoms with Gasteiger partial charge in [0.25, 0.3) is 11.8 Å². The van der Waals surface area contributed by atoms with Gasteiger partial charge in [-0.1, -0.05) is 6.92 Å². The quantitative estimate of drug-likeness (QED) is 0.423. The SMILES string of the molecule is CCC1(F)CC(OC2(C)C3CC4CC(C3)CC2C4)(C(F)(F)F)C(F)(F)C1C(C)(F)F. The molecule has 1 nitrogen and oxygen atoms in total. The average molecular weight is 448 g/mol. The first kappa shape index (κ1) is 22.6. The lowest BCUT2D eigenvalue weighted by atomic mass is 9.50. The van der Waals surface area contributed by atoms with Crippen LogP contribution in [-0.4, -0.2) is 34.9 Å². The van der Waals surface area contributed by atoms with Gasteiger partial charge < -0.3 is 4.74 Å². The minimum atomic E-state index is -5.71. The molecule has 5 aliphatic carbocycles. The van der Waals surface area contributed by atoms with Crippen LogP contribution in [0.1, 0.15) is 65.7 Å². The molecule has 30 heavy (non-hydrogen) atoms. The van der Waals surface area contributed by atoms with E-state index in [1.165, 1.54) is 6.92 Å². The summed E-state index contributed by atoms with van der Waals surface area (Å²) in [5.41, 5.74) is -9.22. The van der Waals surface area contributed by atoms with Crippen LogP contribution >= 0.6 is 0 Å². The normalized spacial score (nSPS) is 50.3. The van der Waals surface area contributed by atoms with E-state index in [0.717, 1.165) is 13.3 Å². The second kappa shape index (κ2) is 6.25. The van der Waals surface area contributed by atoms with Crippen molar-refractivity contribution < 1.29 is 39.9 Å². The molecule has 5 rings (SSSR count). The average Bonchev–Trinajstić information content (AvgIpc) is 2.75. The van der Waals surface area contributed by atoms with Gasteiger partial charge in [-0.2, -0.15) is 13.2 Å². The highest BCUT2D eigenvalue weighted by Gasteiger charge is 2.87. The summed E-state index contributed by atoms with van der Waals surface area (Å²) in [4.78, 5) is 0. The Morgan fingerprint density at radius 1 is 0.867 bits per heavy atom. The van der Waals surface area contributed by atoms with Crippen LogP contribution in [0.2, 0.25) is 0 Å². The number of hydrogen-bond donors (Lipinski definition) is 0. The first-order valence-corrected chi connectivity index (χ1v) is 10.7. The van der Waals surface area contributed by atoms with E-state index in [9.17, 15) is 22.0 Å². The van der Waals surface area contributed by atoms with Gasteiger partial charge in [0, 0.05) is 6.42 Å². The van der Waals surface area contributed by atoms with E-state index in [1.54, 1.807) is 0 Å². The Morgan fingerprint density at radius 3 is 1.67 bits per heavy atom. The summed E-state index contributed by atoms with van der Waals surface area (Å²) in [6.07, 6.45) is -5.13. The number of hydrogen-bond acceptors (Lipinski definition) is 1. The highest BCUT2D eigenvalue weighted by atomic mass is 19.4. The lowest BCUT2D eigenvalue weighted by Gasteiger charge is -2.61. The van der Waals surface area contributed by atoms with Crippen molar-refractivity contribution in [3.63, 3.8) is 0 Å². The lowest BCUT2D eigenvalue weighted by molar-refractivity contribution is -0.392. The van der Waals surface area contributed by atoms with Crippen molar-refractivity contribution in [2.24, 2.45) is 29.6 Å². The molecule has 5 saturated carbocycles. The van der Waals surface area contributed by atoms with Crippen LogP contribution in [0.15, 0.2) is 0 Å². The third kappa shape index (κ3) is 2.81. The van der Waals surface area contributed by atoms with Crippen molar-refractivity contribution in [2.45, 2.75) is 101 Å². The highest BCUT2D eigenvalue weighted by molar-refractivity contribution is 5.22. The number of ether oxygens (including phenoxy) is 1. The molecule has 0 heterocycles. The highest BCUT2D eigenvalue weighted by Crippen LogP contribution is 2.69. The van der Waals surface area contributed by atoms with Gasteiger partial charge in [-0.15, -0.1) is 0 Å². The third-order valence-electron chi connectivity index (χ3n) is 8.67. The molecule has 5 aliphatic rings. The van der Waals surface area contributed by atoms with Crippen molar-refractivity contribution in [3.05, 3.63) is 0 Å². The van der Waals surface area contributed by atoms with E-state index in [2.05, 4.69) is 0 Å². The molecule has 0 saturated heterocycles. The molecule has 0 aromatic rings. The van der Waals surface area contributed by atoms with E-state index in [0.29, 0.717) is 37.5 Å². The fraction of sp³-hybridized carbons (Fsp3) is 1.00. The molecule has 0 aromatic carbocycles. The van der Waals surface area contributed by atoms with Crippen LogP contribution in [0.3, 0.4) is 0 Å². The van der Waals surface area contributed by atoms with Crippen LogP contribution in [-0.2, 0) is 4.74 Å². The summed E-state index contributed by atoms with van der Waals surface area (Å²) < 4.78 is 123. The molecule has 3 atom stereocenters. The maximum atomic E-state index is 15.4. The van der Waals surface area contributed by atoms with Crippen LogP contribution in [0.5, 0.6) is 0 Å². The van der Waals surface area contributed by atoms with Gasteiger partial charge in [-0.25, -0.2) is 22.0 Å². The molecular weight excluding hydrogens is 420 g/mol. The van der Waals surface area contributed by atoms with Crippen molar-refractivity contribution in [1.29, 1.82) is 0 Å². The second-order valence-electron chi connectivity index (χ2n) is 10.5. The minimum Gasteiger partial charge on any atom is -0.353 e. The predicted octanol–water partition coefficient (Wildman–Crippen LogP) is 6.95. The van der Waals surface area contributed by atoms with E-state index in [-0.39, 0.29) is 18.8 Å². The standard InChI is InChI=1S/C21H28F8O/c1-4-18(24)10-19(21(27,28)29,20(25,26)15(18)17(3,22)23)30-16(2)13-6-11-5-12(8-13)9-14(16)7-11/h11-15H,4-10H2,1-3H3. The molecule has 0 aliphatic heterocycles. The zero-order valence-corrected chi connectivity index (χ0v) is 17.3. The first-order valence-electron chi connectivity index (χ1n) is 10.7. The second-order valence-corrected chi connectivity index (χ2v) is 10.5. The van der Waals surface area contributed by atoms with E-state index in [4.69, 9.17) is 4.74 Å². The molecule has 0 aromatic heterocycles. The van der Waals surface area contributed by atoms with E-state index >= 15 is 13.2 Å². The Labute approximate surface area is 170 Å². The summed E-state index contributed by atoms with van der Waals surface area (Å²) in [5.74, 6) is -12.9. The Hall–Kier alpha value is -0.600. The van der Waals surface area contributed by atoms with E-state index < -0.39 is 53.7 Å². The summed E-state index contributed by atoms with van der Waals surface area (Å²) in [7, 11) is 0. The van der Waals surface area contributed by atoms with Gasteiger partial charge in [0.15, 0.2) is 0 Å². The fourth-order valence-corrected chi connectivity index (χ4v) is 7.41. The maximum Gasteiger partial charge on any atom is 0.423 e. The molecule has 4 bridgehead atoms. The Kier molecular flexibility index (Phi) is 4.71. The minimum absolute atomic E-state index is 0.0621. The molecule has 174 valence electrons. The summed E-state index contributed by atoms with van der Waals surface area (Å²) >= 11 is 0. The largest absolute Gasteiger partial charge is 0.423 e. The molecule has 0 radical (unpaired) electrons. The van der Waals surface area contributed by atoms with Crippen LogP contribution in [0.4, 0.5) is 35.1 Å². The molecule has 0 amide bonds. The van der Waals surface area contributed by atoms with Crippen molar-refractivity contribution >= 4 is 0 Å². The molecule has 5 fully saturated rings. The smallest absolute Gasteiger partial charge is 0.353 e. The topological polar surface area (TPSA) is 9.23 Å². The van der Waals surface area contributed by atoms with Gasteiger partial charge in [0.1, 0.15) is 11.6 Å². The summed E-state index contributed by atoms with van der Waals surface area (Å²) in [6, 6.07) is 0. The first-order chi connectivity index (χ1) is 13.5. The zero-order valence-electron chi connectivity index (χ0n) is 17.3. The predicted molar refractivity (Wildman–Crippen MR) is 93.1 cm³/mol. The Bertz CT molecular complexity index is 670. The monoisotopic (exact) mass is 448 g/mol. The fourth-order valence-electron chi connectivity index (χ4n) is 7.41. The van der Waals surface area contributed by atoms with Crippen LogP contribution in [0.25, 0.3) is 0 Å². The van der Waals surface area contributed by atoms with Gasteiger partial charge in [0.2, 0.25) is 5.60 Å². The van der Waals surface area contributed by atoms with Crippen molar-refractivity contribution in [2.75, 3.05) is 0 Å². The lowest BCUT2D eigenvalue weighted by Crippen LogP contribution is -2.68. The maximum absolute atomic E-state index is 15.4. The number of halogens is 8. The summed E-state index contributed by atoms with van der Waals surface area (Å²) in [6.45, 7) is 2.49. The van der Waals surface area contributed by atoms with Crippen molar-refractivity contribution in [1.82, 2.24) is 0 Å². The van der Waals surface area contributed by atoms with Gasteiger partial charge in [-0.3, -0.25) is 0 Å². The summed E-state index contributed by atoms with van der Waals surface area (Å²) in [5, 5.41) is 0. The van der Waals surface area contributed by atoms with Crippen molar-refractivity contribution in [3.8, 4) is 0 Å². The van der Waals surface area contributed by atoms with Gasteiger partial charge in [0.05, 0.1) is 5.60 Å². The number of alkyl halides is 8. The Balaban J connectivity index is 1.82. The van der Waals surface area contributed by atoms with Gasteiger partial charge >= 0.3 is 6.18 Å². The molecule has 0 spiro atoms. The molecular formula is C21H28F8O. The van der Waals surface area contributed by atoms with Gasteiger partial charge in [-0.05, 0) is 76.0 Å². The molecule has 3 unspecified atom stereocenters. The number of rotatable bonds is 4. The van der Waals surface area contributed by atoms with E-state index in [1.807, 2.05) is 0 Å². The zero-order chi connectivity index (χ0) is 22.5. The molecule has 0 N–H and O–H groups in total. The van der Waals surface area contributed by atoms with Crippen LogP contribution < -0.4 is 0 Å². The third-order valence-corrected chi connectivity index (χ3v) is 8.67. The molecule has 9 heteroatoms.